The Morgan fingerprint density at radius 2 is 1.90 bits per heavy atom. The molecule has 2 N–H and O–H groups in total. The number of aliphatic hydroxyl groups is 1. The van der Waals surface area contributed by atoms with Gasteiger partial charge in [-0.3, -0.25) is 0 Å². The third-order valence-electron chi connectivity index (χ3n) is 2.96. The van der Waals surface area contributed by atoms with Crippen LogP contribution in [-0.2, 0) is 13.0 Å². The average molecular weight is 275 g/mol. The second-order valence-corrected chi connectivity index (χ2v) is 4.48. The first-order valence-electron chi connectivity index (χ1n) is 6.54. The first-order valence-corrected chi connectivity index (χ1v) is 6.54. The molecule has 0 saturated heterocycles. The minimum absolute atomic E-state index is 0.111. The summed E-state index contributed by atoms with van der Waals surface area (Å²) < 4.78 is 19.5. The molecule has 0 fully saturated rings. The number of nitrogens with one attached hydrogen (secondary N) is 1. The summed E-state index contributed by atoms with van der Waals surface area (Å²) in [6.07, 6.45) is 0.602. The molecule has 0 spiro atoms. The van der Waals surface area contributed by atoms with Gasteiger partial charge in [-0.2, -0.15) is 0 Å². The molecule has 106 valence electrons. The highest BCUT2D eigenvalue weighted by Crippen LogP contribution is 2.28. The Morgan fingerprint density at radius 1 is 1.15 bits per heavy atom. The first kappa shape index (κ1) is 14.5. The van der Waals surface area contributed by atoms with Gasteiger partial charge in [-0.1, -0.05) is 24.3 Å². The molecule has 2 rings (SSSR count). The van der Waals surface area contributed by atoms with Crippen LogP contribution in [0, 0.1) is 5.82 Å². The number of hydrogen-bond donors (Lipinski definition) is 2. The van der Waals surface area contributed by atoms with Gasteiger partial charge in [-0.15, -0.1) is 0 Å². The standard InChI is InChI=1S/C16H18FNO2/c1-18-11-13-3-2-4-15(17)16(13)20-14-7-5-12(6-8-14)9-10-19/h2-8,18-19H,9-11H2,1H3. The van der Waals surface area contributed by atoms with E-state index in [9.17, 15) is 4.39 Å². The molecule has 0 unspecified atom stereocenters. The Hall–Kier alpha value is -1.91. The molecular formula is C16H18FNO2. The van der Waals surface area contributed by atoms with Crippen molar-refractivity contribution in [1.29, 1.82) is 0 Å². The fourth-order valence-corrected chi connectivity index (χ4v) is 1.97. The SMILES string of the molecule is CNCc1cccc(F)c1Oc1ccc(CCO)cc1. The van der Waals surface area contributed by atoms with E-state index in [1.54, 1.807) is 25.2 Å². The van der Waals surface area contributed by atoms with Crippen molar-refractivity contribution in [3.05, 3.63) is 59.4 Å². The summed E-state index contributed by atoms with van der Waals surface area (Å²) >= 11 is 0. The van der Waals surface area contributed by atoms with Crippen molar-refractivity contribution in [3.8, 4) is 11.5 Å². The van der Waals surface area contributed by atoms with Crippen LogP contribution in [-0.4, -0.2) is 18.8 Å². The van der Waals surface area contributed by atoms with Crippen LogP contribution in [0.5, 0.6) is 11.5 Å². The van der Waals surface area contributed by atoms with E-state index in [1.807, 2.05) is 18.2 Å². The lowest BCUT2D eigenvalue weighted by Gasteiger charge is -2.12. The molecule has 0 aliphatic rings. The number of halogens is 1. The number of benzene rings is 2. The minimum Gasteiger partial charge on any atom is -0.454 e. The quantitative estimate of drug-likeness (QED) is 0.851. The number of aliphatic hydroxyl groups excluding tert-OH is 1. The van der Waals surface area contributed by atoms with Crippen LogP contribution in [0.15, 0.2) is 42.5 Å². The van der Waals surface area contributed by atoms with Gasteiger partial charge in [0.05, 0.1) is 0 Å². The molecule has 0 aromatic heterocycles. The summed E-state index contributed by atoms with van der Waals surface area (Å²) in [7, 11) is 1.80. The van der Waals surface area contributed by atoms with Gasteiger partial charge in [-0.05, 0) is 37.2 Å². The molecule has 0 aliphatic heterocycles. The van der Waals surface area contributed by atoms with Crippen molar-refractivity contribution >= 4 is 0 Å². The van der Waals surface area contributed by atoms with Gasteiger partial charge >= 0.3 is 0 Å². The van der Waals surface area contributed by atoms with Crippen molar-refractivity contribution in [1.82, 2.24) is 5.32 Å². The Kier molecular flexibility index (Phi) is 5.09. The maximum Gasteiger partial charge on any atom is 0.167 e. The molecule has 0 amide bonds. The highest BCUT2D eigenvalue weighted by molar-refractivity contribution is 5.39. The third-order valence-corrected chi connectivity index (χ3v) is 2.96. The van der Waals surface area contributed by atoms with Crippen molar-refractivity contribution in [2.24, 2.45) is 0 Å². The number of hydrogen-bond acceptors (Lipinski definition) is 3. The van der Waals surface area contributed by atoms with Crippen LogP contribution < -0.4 is 10.1 Å². The fraction of sp³-hybridized carbons (Fsp3) is 0.250. The summed E-state index contributed by atoms with van der Waals surface area (Å²) in [5, 5.41) is 11.9. The van der Waals surface area contributed by atoms with Crippen LogP contribution in [0.4, 0.5) is 4.39 Å². The van der Waals surface area contributed by atoms with Gasteiger partial charge < -0.3 is 15.2 Å². The van der Waals surface area contributed by atoms with E-state index in [0.717, 1.165) is 11.1 Å². The third kappa shape index (κ3) is 3.56. The van der Waals surface area contributed by atoms with Crippen molar-refractivity contribution < 1.29 is 14.2 Å². The monoisotopic (exact) mass is 275 g/mol. The second-order valence-electron chi connectivity index (χ2n) is 4.48. The van der Waals surface area contributed by atoms with Crippen molar-refractivity contribution in [3.63, 3.8) is 0 Å². The van der Waals surface area contributed by atoms with E-state index >= 15 is 0 Å². The van der Waals surface area contributed by atoms with Gasteiger partial charge in [0.15, 0.2) is 11.6 Å². The van der Waals surface area contributed by atoms with Gasteiger partial charge in [0.2, 0.25) is 0 Å². The minimum atomic E-state index is -0.378. The molecular weight excluding hydrogens is 257 g/mol. The Labute approximate surface area is 118 Å². The molecule has 2 aromatic carbocycles. The molecule has 3 nitrogen and oxygen atoms in total. The molecule has 0 bridgehead atoms. The molecule has 0 heterocycles. The van der Waals surface area contributed by atoms with Gasteiger partial charge in [0.25, 0.3) is 0 Å². The smallest absolute Gasteiger partial charge is 0.167 e. The topological polar surface area (TPSA) is 41.5 Å². The van der Waals surface area contributed by atoms with Gasteiger partial charge in [-0.25, -0.2) is 4.39 Å². The fourth-order valence-electron chi connectivity index (χ4n) is 1.97. The zero-order valence-electron chi connectivity index (χ0n) is 11.4. The predicted molar refractivity (Wildman–Crippen MR) is 76.5 cm³/mol. The zero-order chi connectivity index (χ0) is 14.4. The molecule has 0 saturated carbocycles. The van der Waals surface area contributed by atoms with E-state index in [4.69, 9.17) is 9.84 Å². The van der Waals surface area contributed by atoms with Crippen molar-refractivity contribution in [2.75, 3.05) is 13.7 Å². The Bertz CT molecular complexity index is 555. The van der Waals surface area contributed by atoms with Gasteiger partial charge in [0, 0.05) is 18.7 Å². The van der Waals surface area contributed by atoms with Crippen LogP contribution in [0.3, 0.4) is 0 Å². The lowest BCUT2D eigenvalue weighted by atomic mass is 10.1. The van der Waals surface area contributed by atoms with E-state index in [1.165, 1.54) is 6.07 Å². The maximum atomic E-state index is 13.9. The van der Waals surface area contributed by atoms with E-state index in [2.05, 4.69) is 5.32 Å². The number of rotatable bonds is 6. The predicted octanol–water partition coefficient (Wildman–Crippen LogP) is 2.87. The van der Waals surface area contributed by atoms with E-state index in [-0.39, 0.29) is 18.2 Å². The highest BCUT2D eigenvalue weighted by atomic mass is 19.1. The molecule has 2 aromatic rings. The van der Waals surface area contributed by atoms with E-state index < -0.39 is 0 Å². The van der Waals surface area contributed by atoms with Crippen LogP contribution >= 0.6 is 0 Å². The summed E-state index contributed by atoms with van der Waals surface area (Å²) in [6.45, 7) is 0.648. The summed E-state index contributed by atoms with van der Waals surface area (Å²) in [6, 6.07) is 12.2. The molecule has 20 heavy (non-hydrogen) atoms. The number of para-hydroxylation sites is 1. The van der Waals surface area contributed by atoms with Crippen LogP contribution in [0.25, 0.3) is 0 Å². The summed E-state index contributed by atoms with van der Waals surface area (Å²) in [5.41, 5.74) is 1.79. The first-order chi connectivity index (χ1) is 9.74. The summed E-state index contributed by atoms with van der Waals surface area (Å²) in [5.74, 6) is 0.447. The zero-order valence-corrected chi connectivity index (χ0v) is 11.4. The van der Waals surface area contributed by atoms with Crippen LogP contribution in [0.1, 0.15) is 11.1 Å². The maximum absolute atomic E-state index is 13.9. The lowest BCUT2D eigenvalue weighted by molar-refractivity contribution is 0.299. The van der Waals surface area contributed by atoms with E-state index in [0.29, 0.717) is 18.7 Å². The Morgan fingerprint density at radius 3 is 2.55 bits per heavy atom. The van der Waals surface area contributed by atoms with Crippen LogP contribution in [0.2, 0.25) is 0 Å². The van der Waals surface area contributed by atoms with Crippen molar-refractivity contribution in [2.45, 2.75) is 13.0 Å². The second kappa shape index (κ2) is 7.03. The highest BCUT2D eigenvalue weighted by Gasteiger charge is 2.10. The average Bonchev–Trinajstić information content (AvgIpc) is 2.45. The molecule has 4 heteroatoms. The Balaban J connectivity index is 2.20. The lowest BCUT2D eigenvalue weighted by Crippen LogP contribution is -2.07. The number of ether oxygens (including phenoxy) is 1. The largest absolute Gasteiger partial charge is 0.454 e. The summed E-state index contributed by atoms with van der Waals surface area (Å²) in [4.78, 5) is 0. The molecule has 0 aliphatic carbocycles. The normalized spacial score (nSPS) is 10.6. The van der Waals surface area contributed by atoms with Gasteiger partial charge in [0.1, 0.15) is 5.75 Å². The molecule has 0 radical (unpaired) electrons. The molecule has 0 atom stereocenters.